The summed E-state index contributed by atoms with van der Waals surface area (Å²) >= 11 is 0. The number of nitrogens with one attached hydrogen (secondary N) is 2. The highest BCUT2D eigenvalue weighted by molar-refractivity contribution is 5.98. The molecule has 0 bridgehead atoms. The van der Waals surface area contributed by atoms with Crippen molar-refractivity contribution in [3.8, 4) is 0 Å². The molecule has 0 unspecified atom stereocenters. The van der Waals surface area contributed by atoms with E-state index in [-0.39, 0.29) is 23.8 Å². The van der Waals surface area contributed by atoms with Crippen molar-refractivity contribution in [3.63, 3.8) is 0 Å². The summed E-state index contributed by atoms with van der Waals surface area (Å²) in [5.41, 5.74) is 0.343. The summed E-state index contributed by atoms with van der Waals surface area (Å²) in [4.78, 5) is 37.6. The highest BCUT2D eigenvalue weighted by Gasteiger charge is 2.45. The molecule has 2 aliphatic rings. The monoisotopic (exact) mass is 305 g/mol. The minimum absolute atomic E-state index is 0.136. The Morgan fingerprint density at radius 1 is 1.32 bits per heavy atom. The highest BCUT2D eigenvalue weighted by Crippen LogP contribution is 2.22. The van der Waals surface area contributed by atoms with E-state index in [2.05, 4.69) is 10.6 Å². The van der Waals surface area contributed by atoms with Crippen LogP contribution in [0.1, 0.15) is 23.7 Å². The predicted molar refractivity (Wildman–Crippen MR) is 75.4 cm³/mol. The first-order chi connectivity index (χ1) is 10.5. The molecule has 0 saturated carbocycles. The van der Waals surface area contributed by atoms with Crippen molar-refractivity contribution in [2.24, 2.45) is 0 Å². The lowest BCUT2D eigenvalue weighted by Gasteiger charge is -2.32. The summed E-state index contributed by atoms with van der Waals surface area (Å²) in [6.45, 7) is 1.95. The summed E-state index contributed by atoms with van der Waals surface area (Å²) in [7, 11) is 0. The molecule has 1 aromatic rings. The lowest BCUT2D eigenvalue weighted by atomic mass is 10.1. The normalized spacial score (nSPS) is 27.4. The molecule has 2 heterocycles. The van der Waals surface area contributed by atoms with Gasteiger partial charge in [-0.3, -0.25) is 14.4 Å². The molecule has 7 heteroatoms. The second-order valence-corrected chi connectivity index (χ2v) is 5.65. The Morgan fingerprint density at radius 2 is 2.00 bits per heavy atom. The molecule has 116 valence electrons. The molecule has 22 heavy (non-hydrogen) atoms. The maximum atomic E-state index is 12.9. The fourth-order valence-corrected chi connectivity index (χ4v) is 2.92. The molecule has 0 radical (unpaired) electrons. The van der Waals surface area contributed by atoms with Crippen LogP contribution in [-0.2, 0) is 9.59 Å². The summed E-state index contributed by atoms with van der Waals surface area (Å²) in [5.74, 6) is -1.08. The first kappa shape index (κ1) is 14.5. The van der Waals surface area contributed by atoms with Crippen LogP contribution in [0.4, 0.5) is 4.39 Å². The number of rotatable bonds is 2. The van der Waals surface area contributed by atoms with E-state index in [0.717, 1.165) is 0 Å². The molecular weight excluding hydrogens is 289 g/mol. The van der Waals surface area contributed by atoms with Gasteiger partial charge in [0.15, 0.2) is 0 Å². The zero-order valence-electron chi connectivity index (χ0n) is 12.0. The molecule has 0 spiro atoms. The van der Waals surface area contributed by atoms with Crippen LogP contribution in [0, 0.1) is 5.82 Å². The zero-order chi connectivity index (χ0) is 15.9. The maximum absolute atomic E-state index is 12.9. The predicted octanol–water partition coefficient (Wildman–Crippen LogP) is 0.0433. The Balaban J connectivity index is 1.68. The Morgan fingerprint density at radius 3 is 2.68 bits per heavy atom. The third-order valence-corrected chi connectivity index (χ3v) is 4.06. The van der Waals surface area contributed by atoms with Crippen LogP contribution in [0.25, 0.3) is 0 Å². The van der Waals surface area contributed by atoms with Crippen LogP contribution in [0.15, 0.2) is 24.3 Å². The second kappa shape index (κ2) is 5.40. The molecule has 2 saturated heterocycles. The summed E-state index contributed by atoms with van der Waals surface area (Å²) in [6.07, 6.45) is 0.386. The fourth-order valence-electron chi connectivity index (χ4n) is 2.92. The van der Waals surface area contributed by atoms with E-state index in [9.17, 15) is 18.8 Å². The summed E-state index contributed by atoms with van der Waals surface area (Å²) in [5, 5.41) is 5.42. The van der Waals surface area contributed by atoms with Gasteiger partial charge in [0.25, 0.3) is 5.91 Å². The molecular formula is C15H16FN3O3. The molecule has 2 N–H and O–H groups in total. The van der Waals surface area contributed by atoms with Gasteiger partial charge in [0, 0.05) is 18.2 Å². The summed E-state index contributed by atoms with van der Waals surface area (Å²) in [6, 6.07) is 3.87. The number of carbonyl (C=O) groups is 3. The van der Waals surface area contributed by atoms with Crippen LogP contribution in [0.2, 0.25) is 0 Å². The average Bonchev–Trinajstić information content (AvgIpc) is 2.90. The van der Waals surface area contributed by atoms with E-state index >= 15 is 0 Å². The number of halogens is 1. The lowest BCUT2D eigenvalue weighted by Crippen LogP contribution is -2.60. The van der Waals surface area contributed by atoms with Crippen LogP contribution in [0.3, 0.4) is 0 Å². The SMILES string of the molecule is C[C@H]1NC(=O)[C@@H]2C[C@H](NC(=O)c3ccc(F)cc3)CN2C1=O. The highest BCUT2D eigenvalue weighted by atomic mass is 19.1. The van der Waals surface area contributed by atoms with Gasteiger partial charge in [-0.25, -0.2) is 4.39 Å². The van der Waals surface area contributed by atoms with Gasteiger partial charge in [0.2, 0.25) is 11.8 Å². The Kier molecular flexibility index (Phi) is 3.56. The van der Waals surface area contributed by atoms with Crippen molar-refractivity contribution in [2.75, 3.05) is 6.54 Å². The Labute approximate surface area is 126 Å². The van der Waals surface area contributed by atoms with Gasteiger partial charge >= 0.3 is 0 Å². The van der Waals surface area contributed by atoms with Gasteiger partial charge in [-0.2, -0.15) is 0 Å². The van der Waals surface area contributed by atoms with Gasteiger partial charge in [-0.05, 0) is 37.6 Å². The van der Waals surface area contributed by atoms with Crippen molar-refractivity contribution in [1.82, 2.24) is 15.5 Å². The van der Waals surface area contributed by atoms with E-state index < -0.39 is 17.9 Å². The molecule has 0 aromatic heterocycles. The van der Waals surface area contributed by atoms with Crippen LogP contribution in [-0.4, -0.2) is 47.3 Å². The standard InChI is InChI=1S/C15H16FN3O3/c1-8-15(22)19-7-11(6-12(19)14(21)17-8)18-13(20)9-2-4-10(16)5-3-9/h2-5,8,11-12H,6-7H2,1H3,(H,17,21)(H,18,20)/t8-,11+,12+/m1/s1. The molecule has 3 amide bonds. The van der Waals surface area contributed by atoms with Gasteiger partial charge in [0.05, 0.1) is 0 Å². The molecule has 1 aromatic carbocycles. The fraction of sp³-hybridized carbons (Fsp3) is 0.400. The third kappa shape index (κ3) is 2.54. The van der Waals surface area contributed by atoms with Crippen LogP contribution in [0.5, 0.6) is 0 Å². The number of hydrogen-bond donors (Lipinski definition) is 2. The first-order valence-corrected chi connectivity index (χ1v) is 7.13. The quantitative estimate of drug-likeness (QED) is 0.810. The number of benzene rings is 1. The van der Waals surface area contributed by atoms with Crippen molar-refractivity contribution < 1.29 is 18.8 Å². The summed E-state index contributed by atoms with van der Waals surface area (Å²) < 4.78 is 12.9. The van der Waals surface area contributed by atoms with Gasteiger partial charge in [-0.1, -0.05) is 0 Å². The van der Waals surface area contributed by atoms with E-state index in [0.29, 0.717) is 18.5 Å². The van der Waals surface area contributed by atoms with Gasteiger partial charge in [0.1, 0.15) is 17.9 Å². The molecule has 2 fully saturated rings. The van der Waals surface area contributed by atoms with Crippen LogP contribution < -0.4 is 10.6 Å². The number of nitrogens with zero attached hydrogens (tertiary/aromatic N) is 1. The maximum Gasteiger partial charge on any atom is 0.251 e. The van der Waals surface area contributed by atoms with E-state index in [1.165, 1.54) is 29.2 Å². The van der Waals surface area contributed by atoms with E-state index in [1.54, 1.807) is 6.92 Å². The number of carbonyl (C=O) groups excluding carboxylic acids is 3. The molecule has 0 aliphatic carbocycles. The lowest BCUT2D eigenvalue weighted by molar-refractivity contribution is -0.146. The number of fused-ring (bicyclic) bond motifs is 1. The van der Waals surface area contributed by atoms with Crippen molar-refractivity contribution >= 4 is 17.7 Å². The zero-order valence-corrected chi connectivity index (χ0v) is 12.0. The van der Waals surface area contributed by atoms with Crippen LogP contribution >= 0.6 is 0 Å². The number of piperazine rings is 1. The smallest absolute Gasteiger partial charge is 0.251 e. The topological polar surface area (TPSA) is 78.5 Å². The van der Waals surface area contributed by atoms with E-state index in [1.807, 2.05) is 0 Å². The van der Waals surface area contributed by atoms with Crippen molar-refractivity contribution in [2.45, 2.75) is 31.5 Å². The van der Waals surface area contributed by atoms with Crippen molar-refractivity contribution in [1.29, 1.82) is 0 Å². The second-order valence-electron chi connectivity index (χ2n) is 5.65. The molecule has 3 rings (SSSR count). The Bertz CT molecular complexity index is 631. The minimum Gasteiger partial charge on any atom is -0.347 e. The Hall–Kier alpha value is -2.44. The van der Waals surface area contributed by atoms with Crippen molar-refractivity contribution in [3.05, 3.63) is 35.6 Å². The van der Waals surface area contributed by atoms with Gasteiger partial charge in [-0.15, -0.1) is 0 Å². The van der Waals surface area contributed by atoms with Gasteiger partial charge < -0.3 is 15.5 Å². The molecule has 6 nitrogen and oxygen atoms in total. The first-order valence-electron chi connectivity index (χ1n) is 7.13. The molecule has 3 atom stereocenters. The number of amides is 3. The van der Waals surface area contributed by atoms with E-state index in [4.69, 9.17) is 0 Å². The number of hydrogen-bond acceptors (Lipinski definition) is 3. The third-order valence-electron chi connectivity index (χ3n) is 4.06. The minimum atomic E-state index is -0.532. The molecule has 2 aliphatic heterocycles. The largest absolute Gasteiger partial charge is 0.347 e. The average molecular weight is 305 g/mol.